The standard InChI is InChI=1S/C10H23N3O2S/c1-12-4-6-13(7-5-12)8-10-16(14,15)9-2-3-11/h2-11H2,1H3. The molecule has 0 amide bonds. The van der Waals surface area contributed by atoms with Crippen molar-refractivity contribution in [2.75, 3.05) is 57.8 Å². The first-order chi connectivity index (χ1) is 7.53. The maximum Gasteiger partial charge on any atom is 0.151 e. The largest absolute Gasteiger partial charge is 0.330 e. The molecule has 1 rings (SSSR count). The van der Waals surface area contributed by atoms with Crippen molar-refractivity contribution in [3.05, 3.63) is 0 Å². The minimum absolute atomic E-state index is 0.233. The van der Waals surface area contributed by atoms with E-state index < -0.39 is 9.84 Å². The van der Waals surface area contributed by atoms with Crippen molar-refractivity contribution >= 4 is 9.84 Å². The Bertz CT molecular complexity index is 284. The lowest BCUT2D eigenvalue weighted by Gasteiger charge is -2.32. The van der Waals surface area contributed by atoms with Crippen LogP contribution in [0.3, 0.4) is 0 Å². The summed E-state index contributed by atoms with van der Waals surface area (Å²) in [6.07, 6.45) is 0.574. The van der Waals surface area contributed by atoms with E-state index in [-0.39, 0.29) is 11.5 Å². The van der Waals surface area contributed by atoms with Crippen LogP contribution in [0.15, 0.2) is 0 Å². The average molecular weight is 249 g/mol. The quantitative estimate of drug-likeness (QED) is 0.654. The SMILES string of the molecule is CN1CCN(CCS(=O)(=O)CCCN)CC1. The fraction of sp³-hybridized carbons (Fsp3) is 1.00. The van der Waals surface area contributed by atoms with E-state index in [0.29, 0.717) is 19.5 Å². The third-order valence-electron chi connectivity index (χ3n) is 2.97. The summed E-state index contributed by atoms with van der Waals surface area (Å²) in [4.78, 5) is 4.49. The van der Waals surface area contributed by atoms with Gasteiger partial charge in [0.05, 0.1) is 11.5 Å². The van der Waals surface area contributed by atoms with Gasteiger partial charge in [-0.25, -0.2) is 8.42 Å². The first-order valence-electron chi connectivity index (χ1n) is 5.85. The van der Waals surface area contributed by atoms with E-state index in [4.69, 9.17) is 5.73 Å². The normalized spacial score (nSPS) is 20.1. The zero-order valence-corrected chi connectivity index (χ0v) is 10.9. The number of rotatable bonds is 6. The van der Waals surface area contributed by atoms with Crippen LogP contribution in [0.2, 0.25) is 0 Å². The van der Waals surface area contributed by atoms with E-state index in [1.54, 1.807) is 0 Å². The first kappa shape index (κ1) is 13.9. The van der Waals surface area contributed by atoms with E-state index in [1.165, 1.54) is 0 Å². The Labute approximate surface area is 98.5 Å². The Hall–Kier alpha value is -0.170. The van der Waals surface area contributed by atoms with Gasteiger partial charge in [-0.2, -0.15) is 0 Å². The third kappa shape index (κ3) is 5.25. The average Bonchev–Trinajstić information content (AvgIpc) is 2.26. The molecule has 2 N–H and O–H groups in total. The lowest BCUT2D eigenvalue weighted by molar-refractivity contribution is 0.161. The van der Waals surface area contributed by atoms with Crippen molar-refractivity contribution in [1.29, 1.82) is 0 Å². The monoisotopic (exact) mass is 249 g/mol. The van der Waals surface area contributed by atoms with Crippen LogP contribution in [-0.4, -0.2) is 76.0 Å². The van der Waals surface area contributed by atoms with Crippen molar-refractivity contribution in [1.82, 2.24) is 9.80 Å². The summed E-state index contributed by atoms with van der Waals surface area (Å²) in [7, 11) is -0.799. The molecule has 1 heterocycles. The van der Waals surface area contributed by atoms with E-state index >= 15 is 0 Å². The molecule has 0 radical (unpaired) electrons. The molecule has 1 saturated heterocycles. The van der Waals surface area contributed by atoms with Crippen molar-refractivity contribution in [3.63, 3.8) is 0 Å². The van der Waals surface area contributed by atoms with E-state index in [1.807, 2.05) is 0 Å². The fourth-order valence-electron chi connectivity index (χ4n) is 1.74. The maximum atomic E-state index is 11.6. The van der Waals surface area contributed by atoms with Gasteiger partial charge >= 0.3 is 0 Å². The van der Waals surface area contributed by atoms with Crippen LogP contribution < -0.4 is 5.73 Å². The zero-order chi connectivity index (χ0) is 12.0. The topological polar surface area (TPSA) is 66.6 Å². The molecular weight excluding hydrogens is 226 g/mol. The maximum absolute atomic E-state index is 11.6. The van der Waals surface area contributed by atoms with Gasteiger partial charge in [0.1, 0.15) is 0 Å². The lowest BCUT2D eigenvalue weighted by Crippen LogP contribution is -2.46. The predicted octanol–water partition coefficient (Wildman–Crippen LogP) is -1.00. The molecule has 0 unspecified atom stereocenters. The van der Waals surface area contributed by atoms with Crippen molar-refractivity contribution in [2.24, 2.45) is 5.73 Å². The summed E-state index contributed by atoms with van der Waals surface area (Å²) in [5, 5.41) is 0. The summed E-state index contributed by atoms with van der Waals surface area (Å²) in [6.45, 7) is 5.13. The van der Waals surface area contributed by atoms with E-state index in [0.717, 1.165) is 26.2 Å². The molecule has 0 aromatic rings. The molecule has 0 saturated carbocycles. The minimum atomic E-state index is -2.89. The summed E-state index contributed by atoms with van der Waals surface area (Å²) in [5.74, 6) is 0.508. The minimum Gasteiger partial charge on any atom is -0.330 e. The van der Waals surface area contributed by atoms with Crippen LogP contribution >= 0.6 is 0 Å². The van der Waals surface area contributed by atoms with Gasteiger partial charge in [0.2, 0.25) is 0 Å². The Morgan fingerprint density at radius 3 is 2.31 bits per heavy atom. The number of nitrogens with two attached hydrogens (primary N) is 1. The molecule has 0 aromatic heterocycles. The number of piperazine rings is 1. The Kier molecular flexibility index (Phi) is 5.68. The van der Waals surface area contributed by atoms with Crippen LogP contribution in [0.1, 0.15) is 6.42 Å². The highest BCUT2D eigenvalue weighted by Crippen LogP contribution is 2.01. The zero-order valence-electron chi connectivity index (χ0n) is 10.1. The molecule has 0 aromatic carbocycles. The molecule has 96 valence electrons. The molecular formula is C10H23N3O2S. The molecule has 1 fully saturated rings. The second-order valence-corrected chi connectivity index (χ2v) is 6.74. The summed E-state index contributed by atoms with van der Waals surface area (Å²) in [5.41, 5.74) is 5.31. The molecule has 0 aliphatic carbocycles. The van der Waals surface area contributed by atoms with Crippen LogP contribution in [0.5, 0.6) is 0 Å². The molecule has 16 heavy (non-hydrogen) atoms. The molecule has 1 aliphatic rings. The molecule has 0 bridgehead atoms. The molecule has 6 heteroatoms. The number of nitrogens with zero attached hydrogens (tertiary/aromatic N) is 2. The molecule has 0 spiro atoms. The summed E-state index contributed by atoms with van der Waals surface area (Å²) >= 11 is 0. The highest BCUT2D eigenvalue weighted by molar-refractivity contribution is 7.91. The van der Waals surface area contributed by atoms with E-state index in [9.17, 15) is 8.42 Å². The second-order valence-electron chi connectivity index (χ2n) is 4.44. The van der Waals surface area contributed by atoms with Crippen molar-refractivity contribution in [2.45, 2.75) is 6.42 Å². The Morgan fingerprint density at radius 2 is 1.75 bits per heavy atom. The van der Waals surface area contributed by atoms with Gasteiger partial charge in [-0.3, -0.25) is 4.90 Å². The fourth-order valence-corrected chi connectivity index (χ4v) is 3.09. The Morgan fingerprint density at radius 1 is 1.12 bits per heavy atom. The number of sulfone groups is 1. The highest BCUT2D eigenvalue weighted by Gasteiger charge is 2.17. The third-order valence-corrected chi connectivity index (χ3v) is 4.69. The van der Waals surface area contributed by atoms with Gasteiger partial charge < -0.3 is 10.6 Å². The predicted molar refractivity (Wildman–Crippen MR) is 66.3 cm³/mol. The van der Waals surface area contributed by atoms with Crippen molar-refractivity contribution in [3.8, 4) is 0 Å². The summed E-state index contributed by atoms with van der Waals surface area (Å²) in [6, 6.07) is 0. The van der Waals surface area contributed by atoms with Gasteiger partial charge in [0.25, 0.3) is 0 Å². The van der Waals surface area contributed by atoms with Crippen LogP contribution in [0.25, 0.3) is 0 Å². The van der Waals surface area contributed by atoms with Crippen molar-refractivity contribution < 1.29 is 8.42 Å². The van der Waals surface area contributed by atoms with Crippen LogP contribution in [-0.2, 0) is 9.84 Å². The smallest absolute Gasteiger partial charge is 0.151 e. The second kappa shape index (κ2) is 6.54. The summed E-state index contributed by atoms with van der Waals surface area (Å²) < 4.78 is 23.2. The Balaban J connectivity index is 2.23. The molecule has 0 atom stereocenters. The first-order valence-corrected chi connectivity index (χ1v) is 7.67. The van der Waals surface area contributed by atoms with Gasteiger partial charge in [-0.1, -0.05) is 0 Å². The van der Waals surface area contributed by atoms with Crippen LogP contribution in [0, 0.1) is 0 Å². The highest BCUT2D eigenvalue weighted by atomic mass is 32.2. The number of likely N-dealkylation sites (N-methyl/N-ethyl adjacent to an activating group) is 1. The van der Waals surface area contributed by atoms with Gasteiger partial charge in [-0.05, 0) is 20.0 Å². The van der Waals surface area contributed by atoms with Crippen LogP contribution in [0.4, 0.5) is 0 Å². The van der Waals surface area contributed by atoms with Gasteiger partial charge in [-0.15, -0.1) is 0 Å². The molecule has 1 aliphatic heterocycles. The molecule has 5 nitrogen and oxygen atoms in total. The number of hydrogen-bond acceptors (Lipinski definition) is 5. The lowest BCUT2D eigenvalue weighted by atomic mass is 10.3. The van der Waals surface area contributed by atoms with Gasteiger partial charge in [0, 0.05) is 32.7 Å². The number of hydrogen-bond donors (Lipinski definition) is 1. The van der Waals surface area contributed by atoms with E-state index in [2.05, 4.69) is 16.8 Å². The van der Waals surface area contributed by atoms with Gasteiger partial charge in [0.15, 0.2) is 9.84 Å².